The molecule has 0 aromatic heterocycles. The van der Waals surface area contributed by atoms with Crippen LogP contribution in [0.25, 0.3) is 0 Å². The number of nitrogens with zero attached hydrogens (tertiary/aromatic N) is 4. The number of benzene rings is 3. The Morgan fingerprint density at radius 3 is 1.30 bits per heavy atom. The summed E-state index contributed by atoms with van der Waals surface area (Å²) < 4.78 is 0. The van der Waals surface area contributed by atoms with Crippen molar-refractivity contribution in [3.63, 3.8) is 0 Å². The van der Waals surface area contributed by atoms with Gasteiger partial charge in [0, 0.05) is 5.92 Å². The van der Waals surface area contributed by atoms with Gasteiger partial charge in [0.25, 0.3) is 0 Å². The van der Waals surface area contributed by atoms with E-state index in [1.807, 2.05) is 44.2 Å². The average Bonchev–Trinajstić information content (AvgIpc) is 2.80. The molecule has 0 aliphatic carbocycles. The van der Waals surface area contributed by atoms with Crippen LogP contribution in [0.1, 0.15) is 33.7 Å². The molecule has 8 nitrogen and oxygen atoms in total. The summed E-state index contributed by atoms with van der Waals surface area (Å²) in [7, 11) is 0. The normalized spacial score (nSPS) is 10.6. The maximum Gasteiger partial charge on any atom is 0.240 e. The average molecular weight is 436 g/mol. The highest BCUT2D eigenvalue weighted by Crippen LogP contribution is 2.43. The maximum absolute atomic E-state index is 11.0. The van der Waals surface area contributed by atoms with Crippen LogP contribution in [-0.4, -0.2) is 24.3 Å². The summed E-state index contributed by atoms with van der Waals surface area (Å²) in [6, 6.07) is 16.1. The van der Waals surface area contributed by atoms with Crippen LogP contribution in [0.15, 0.2) is 74.6 Å². The van der Waals surface area contributed by atoms with Gasteiger partial charge in [0.05, 0.1) is 0 Å². The summed E-state index contributed by atoms with van der Waals surface area (Å²) in [5.74, 6) is -0.379. The first kappa shape index (κ1) is 22.9. The molecular formula is C25H16N4O4. The van der Waals surface area contributed by atoms with Gasteiger partial charge in [0.2, 0.25) is 24.3 Å². The van der Waals surface area contributed by atoms with E-state index in [0.717, 1.165) is 27.8 Å². The fraction of sp³-hybridized carbons (Fsp3) is 0.120. The minimum Gasteiger partial charge on any atom is -0.211 e. The summed E-state index contributed by atoms with van der Waals surface area (Å²) in [5, 5.41) is 0. The fourth-order valence-corrected chi connectivity index (χ4v) is 3.74. The Hall–Kier alpha value is -4.82. The van der Waals surface area contributed by atoms with E-state index < -0.39 is 0 Å². The topological polar surface area (TPSA) is 118 Å². The van der Waals surface area contributed by atoms with Crippen molar-refractivity contribution < 1.29 is 19.2 Å². The van der Waals surface area contributed by atoms with Crippen molar-refractivity contribution in [1.29, 1.82) is 0 Å². The Kier molecular flexibility index (Phi) is 7.25. The summed E-state index contributed by atoms with van der Waals surface area (Å²) in [4.78, 5) is 58.3. The van der Waals surface area contributed by atoms with Crippen LogP contribution in [0.4, 0.5) is 22.7 Å². The van der Waals surface area contributed by atoms with Crippen LogP contribution in [0, 0.1) is 13.8 Å². The van der Waals surface area contributed by atoms with Crippen molar-refractivity contribution >= 4 is 47.1 Å². The van der Waals surface area contributed by atoms with Gasteiger partial charge in [-0.3, -0.25) is 0 Å². The molecule has 0 N–H and O–H groups in total. The first-order valence-corrected chi connectivity index (χ1v) is 9.69. The Morgan fingerprint density at radius 1 is 0.576 bits per heavy atom. The highest BCUT2D eigenvalue weighted by atomic mass is 16.1. The van der Waals surface area contributed by atoms with Crippen LogP contribution in [0.3, 0.4) is 0 Å². The van der Waals surface area contributed by atoms with Gasteiger partial charge in [-0.05, 0) is 65.9 Å². The predicted octanol–water partition coefficient (Wildman–Crippen LogP) is 5.35. The third-order valence-corrected chi connectivity index (χ3v) is 5.15. The van der Waals surface area contributed by atoms with Crippen molar-refractivity contribution in [3.8, 4) is 0 Å². The van der Waals surface area contributed by atoms with Crippen LogP contribution in [0.2, 0.25) is 0 Å². The van der Waals surface area contributed by atoms with E-state index in [4.69, 9.17) is 0 Å². The fourth-order valence-electron chi connectivity index (χ4n) is 3.74. The lowest BCUT2D eigenvalue weighted by Crippen LogP contribution is -2.07. The van der Waals surface area contributed by atoms with E-state index in [-0.39, 0.29) is 28.7 Å². The molecule has 3 aromatic carbocycles. The van der Waals surface area contributed by atoms with Crippen molar-refractivity contribution in [2.75, 3.05) is 0 Å². The molecule has 0 saturated heterocycles. The van der Waals surface area contributed by atoms with E-state index in [9.17, 15) is 19.2 Å². The maximum atomic E-state index is 11.0. The lowest BCUT2D eigenvalue weighted by Gasteiger charge is -2.24. The van der Waals surface area contributed by atoms with E-state index in [1.54, 1.807) is 24.3 Å². The number of carbonyl (C=O) groups excluding carboxylic acids is 4. The number of aryl methyl sites for hydroxylation is 2. The van der Waals surface area contributed by atoms with Crippen LogP contribution in [0.5, 0.6) is 0 Å². The third kappa shape index (κ3) is 4.92. The number of isocyanates is 4. The van der Waals surface area contributed by atoms with E-state index in [0.29, 0.717) is 0 Å². The van der Waals surface area contributed by atoms with Crippen LogP contribution >= 0.6 is 0 Å². The molecule has 0 bridgehead atoms. The van der Waals surface area contributed by atoms with E-state index in [2.05, 4.69) is 20.0 Å². The second-order valence-electron chi connectivity index (χ2n) is 7.05. The standard InChI is InChI=1S/C25H16N4O4/c1-16-8-21(26-12-30)23(28-14-32)10-19(16)25(18-6-4-3-5-7-18)20-11-24(29-15-33)22(27-13-31)9-17(20)2/h3-11,25H,1-2H3. The van der Waals surface area contributed by atoms with Gasteiger partial charge in [-0.25, -0.2) is 19.2 Å². The minimum atomic E-state index is -0.379. The molecule has 0 aliphatic rings. The molecule has 0 spiro atoms. The van der Waals surface area contributed by atoms with Gasteiger partial charge in [0.1, 0.15) is 22.7 Å². The highest BCUT2D eigenvalue weighted by Gasteiger charge is 2.23. The first-order valence-electron chi connectivity index (χ1n) is 9.69. The van der Waals surface area contributed by atoms with Crippen LogP contribution < -0.4 is 0 Å². The molecule has 0 saturated carbocycles. The van der Waals surface area contributed by atoms with Gasteiger partial charge in [-0.1, -0.05) is 30.3 Å². The lowest BCUT2D eigenvalue weighted by molar-refractivity contribution is 0.564. The summed E-state index contributed by atoms with van der Waals surface area (Å²) in [6.07, 6.45) is 5.90. The Balaban J connectivity index is 2.39. The number of hydrogen-bond donors (Lipinski definition) is 0. The minimum absolute atomic E-state index is 0.167. The van der Waals surface area contributed by atoms with Crippen LogP contribution in [-0.2, 0) is 19.2 Å². The monoisotopic (exact) mass is 436 g/mol. The van der Waals surface area contributed by atoms with Crippen molar-refractivity contribution in [3.05, 3.63) is 82.4 Å². The molecule has 0 atom stereocenters. The van der Waals surface area contributed by atoms with Gasteiger partial charge in [-0.2, -0.15) is 20.0 Å². The van der Waals surface area contributed by atoms with Gasteiger partial charge in [0.15, 0.2) is 0 Å². The highest BCUT2D eigenvalue weighted by molar-refractivity contribution is 5.74. The lowest BCUT2D eigenvalue weighted by atomic mass is 9.80. The Bertz CT molecular complexity index is 1320. The molecule has 0 aliphatic heterocycles. The zero-order valence-corrected chi connectivity index (χ0v) is 17.7. The zero-order valence-electron chi connectivity index (χ0n) is 17.7. The molecule has 0 fully saturated rings. The first-order chi connectivity index (χ1) is 16.0. The van der Waals surface area contributed by atoms with Gasteiger partial charge < -0.3 is 0 Å². The molecule has 3 rings (SSSR count). The molecule has 0 unspecified atom stereocenters. The van der Waals surface area contributed by atoms with Gasteiger partial charge >= 0.3 is 0 Å². The second-order valence-corrected chi connectivity index (χ2v) is 7.05. The zero-order chi connectivity index (χ0) is 23.8. The largest absolute Gasteiger partial charge is 0.240 e. The summed E-state index contributed by atoms with van der Waals surface area (Å²) >= 11 is 0. The van der Waals surface area contributed by atoms with Crippen molar-refractivity contribution in [2.45, 2.75) is 19.8 Å². The molecule has 0 heterocycles. The third-order valence-electron chi connectivity index (χ3n) is 5.15. The Labute approximate surface area is 188 Å². The quantitative estimate of drug-likeness (QED) is 0.282. The van der Waals surface area contributed by atoms with Crippen molar-refractivity contribution in [1.82, 2.24) is 0 Å². The molecule has 33 heavy (non-hydrogen) atoms. The van der Waals surface area contributed by atoms with Gasteiger partial charge in [-0.15, -0.1) is 0 Å². The van der Waals surface area contributed by atoms with E-state index in [1.165, 1.54) is 24.3 Å². The number of rotatable bonds is 7. The molecule has 0 amide bonds. The molecule has 160 valence electrons. The SMILES string of the molecule is Cc1cc(N=C=O)c(N=C=O)cc1C(c1ccccc1)c1cc(N=C=O)c(N=C=O)cc1C. The molecule has 3 aromatic rings. The molecule has 0 radical (unpaired) electrons. The van der Waals surface area contributed by atoms with E-state index >= 15 is 0 Å². The Morgan fingerprint density at radius 2 is 0.939 bits per heavy atom. The smallest absolute Gasteiger partial charge is 0.211 e. The predicted molar refractivity (Wildman–Crippen MR) is 121 cm³/mol. The summed E-state index contributed by atoms with van der Waals surface area (Å²) in [5.41, 5.74) is 4.73. The number of hydrogen-bond acceptors (Lipinski definition) is 8. The number of aliphatic imine (C=N–C) groups is 4. The second kappa shape index (κ2) is 10.5. The molecule has 8 heteroatoms. The summed E-state index contributed by atoms with van der Waals surface area (Å²) in [6.45, 7) is 3.68. The van der Waals surface area contributed by atoms with Crippen molar-refractivity contribution in [2.24, 2.45) is 20.0 Å². The molecular weight excluding hydrogens is 420 g/mol.